The number of hydrogen-bond acceptors (Lipinski definition) is 9. The molecule has 3 rings (SSSR count). The fourth-order valence-electron chi connectivity index (χ4n) is 4.16. The Morgan fingerprint density at radius 3 is 2.20 bits per heavy atom. The molecule has 0 unspecified atom stereocenters. The maximum atomic E-state index is 13.6. The zero-order valence-corrected chi connectivity index (χ0v) is 29.4. The third-order valence-corrected chi connectivity index (χ3v) is 8.35. The molecule has 2 aromatic rings. The number of amides is 1. The number of nitrogen functional groups attached to an aromatic ring is 1. The normalized spacial score (nSPS) is 16.3. The van der Waals surface area contributed by atoms with E-state index in [1.165, 1.54) is 38.1 Å². The SMILES string of the molecule is CC(C)=O.CC(C)CN(C[C@@H](OP(=O)(O)O)[C@H](Cc1ccccc1)NC(=O)O[C@H]1CCOC1)S(=O)(=O)c1ccc(N)cc1.[Ca+2].[H-].[H-]. The zero-order chi connectivity index (χ0) is 32.2. The summed E-state index contributed by atoms with van der Waals surface area (Å²) in [5.41, 5.74) is 6.82. The number of ether oxygens (including phenoxy) is 2. The molecule has 0 aromatic heterocycles. The second-order valence-electron chi connectivity index (χ2n) is 10.7. The van der Waals surface area contributed by atoms with Gasteiger partial charge in [-0.25, -0.2) is 17.8 Å². The third kappa shape index (κ3) is 15.1. The van der Waals surface area contributed by atoms with Gasteiger partial charge >= 0.3 is 51.7 Å². The van der Waals surface area contributed by atoms with Gasteiger partial charge in [0.2, 0.25) is 10.0 Å². The minimum absolute atomic E-state index is 0. The number of Topliss-reactive ketones (excluding diaryl/α,β-unsaturated/α-hetero) is 1. The predicted octanol–water partition coefficient (Wildman–Crippen LogP) is 2.96. The predicted molar refractivity (Wildman–Crippen MR) is 168 cm³/mol. The summed E-state index contributed by atoms with van der Waals surface area (Å²) < 4.78 is 56.2. The number of hydrogen-bond donors (Lipinski definition) is 4. The molecule has 1 aliphatic heterocycles. The first kappa shape index (κ1) is 40.4. The van der Waals surface area contributed by atoms with E-state index in [4.69, 9.17) is 19.7 Å². The van der Waals surface area contributed by atoms with Crippen LogP contribution in [0.4, 0.5) is 10.5 Å². The minimum Gasteiger partial charge on any atom is -1.00 e. The molecule has 16 heteroatoms. The van der Waals surface area contributed by atoms with E-state index in [-0.39, 0.29) is 76.8 Å². The number of benzene rings is 2. The van der Waals surface area contributed by atoms with E-state index in [2.05, 4.69) is 5.32 Å². The van der Waals surface area contributed by atoms with E-state index in [9.17, 15) is 32.4 Å². The molecular weight excluding hydrogens is 641 g/mol. The van der Waals surface area contributed by atoms with Gasteiger partial charge in [-0.2, -0.15) is 4.31 Å². The number of ketones is 1. The summed E-state index contributed by atoms with van der Waals surface area (Å²) in [6.45, 7) is 6.93. The van der Waals surface area contributed by atoms with Crippen LogP contribution in [0.1, 0.15) is 42.5 Å². The quantitative estimate of drug-likeness (QED) is 0.138. The average molecular weight is 686 g/mol. The molecule has 244 valence electrons. The molecule has 1 heterocycles. The van der Waals surface area contributed by atoms with E-state index >= 15 is 0 Å². The molecule has 5 N–H and O–H groups in total. The van der Waals surface area contributed by atoms with Gasteiger partial charge in [-0.05, 0) is 56.0 Å². The van der Waals surface area contributed by atoms with Crippen molar-refractivity contribution in [3.8, 4) is 0 Å². The molecule has 0 saturated carbocycles. The molecule has 0 radical (unpaired) electrons. The Morgan fingerprint density at radius 1 is 1.11 bits per heavy atom. The molecule has 13 nitrogen and oxygen atoms in total. The standard InChI is InChI=1S/C25H36N3O9PS.C3H6O.Ca.2H/c1-18(2)15-28(39(33,34)22-10-8-20(26)9-11-22)16-24(37-38(30,31)32)23(14-19-6-4-3-5-7-19)27-25(29)36-21-12-13-35-17-21;1-3(2)4;;;/h3-11,18,21,23-24H,12-17,26H2,1-2H3,(H,27,29)(H2,30,31,32);1-2H3;;;/q;;+2;2*-1/t21-,23-,24+;;;;/m0..../s1. The number of phosphoric acid groups is 1. The first-order valence-electron chi connectivity index (χ1n) is 13.7. The monoisotopic (exact) mass is 685 g/mol. The number of nitrogens with one attached hydrogen (secondary N) is 1. The zero-order valence-electron chi connectivity index (χ0n) is 27.5. The van der Waals surface area contributed by atoms with Crippen LogP contribution in [-0.2, 0) is 39.8 Å². The van der Waals surface area contributed by atoms with Crippen LogP contribution in [0.2, 0.25) is 0 Å². The molecule has 1 aliphatic rings. The molecule has 3 atom stereocenters. The van der Waals surface area contributed by atoms with Crippen LogP contribution in [-0.4, -0.2) is 117 Å². The van der Waals surface area contributed by atoms with Gasteiger partial charge in [0.1, 0.15) is 18.0 Å². The van der Waals surface area contributed by atoms with Crippen LogP contribution in [0.5, 0.6) is 0 Å². The third-order valence-electron chi connectivity index (χ3n) is 5.96. The van der Waals surface area contributed by atoms with Gasteiger partial charge in [-0.3, -0.25) is 4.52 Å². The van der Waals surface area contributed by atoms with E-state index in [1.54, 1.807) is 30.3 Å². The van der Waals surface area contributed by atoms with Crippen LogP contribution in [0.25, 0.3) is 0 Å². The number of anilines is 1. The number of sulfonamides is 1. The summed E-state index contributed by atoms with van der Waals surface area (Å²) in [6, 6.07) is 13.5. The van der Waals surface area contributed by atoms with Gasteiger partial charge in [0, 0.05) is 25.2 Å². The number of nitrogens with zero attached hydrogens (tertiary/aromatic N) is 1. The molecule has 1 fully saturated rings. The Labute approximate surface area is 292 Å². The summed E-state index contributed by atoms with van der Waals surface area (Å²) >= 11 is 0. The van der Waals surface area contributed by atoms with Gasteiger partial charge in [-0.1, -0.05) is 44.2 Å². The molecule has 1 amide bonds. The Hall–Kier alpha value is -1.58. The van der Waals surface area contributed by atoms with Crippen molar-refractivity contribution in [2.75, 3.05) is 32.0 Å². The summed E-state index contributed by atoms with van der Waals surface area (Å²) in [6.07, 6.45) is -2.14. The number of alkyl carbamates (subject to hydrolysis) is 1. The van der Waals surface area contributed by atoms with Gasteiger partial charge in [0.05, 0.1) is 24.2 Å². The van der Waals surface area contributed by atoms with Crippen molar-refractivity contribution in [2.45, 2.75) is 63.7 Å². The van der Waals surface area contributed by atoms with E-state index in [0.29, 0.717) is 18.7 Å². The molecular formula is C28H44CaN3O10PS. The molecule has 44 heavy (non-hydrogen) atoms. The van der Waals surface area contributed by atoms with Crippen molar-refractivity contribution in [2.24, 2.45) is 5.92 Å². The maximum Gasteiger partial charge on any atom is 2.00 e. The Morgan fingerprint density at radius 2 is 1.70 bits per heavy atom. The number of rotatable bonds is 13. The summed E-state index contributed by atoms with van der Waals surface area (Å²) in [4.78, 5) is 41.7. The van der Waals surface area contributed by atoms with E-state index in [1.807, 2.05) is 13.8 Å². The van der Waals surface area contributed by atoms with E-state index in [0.717, 1.165) is 9.87 Å². The number of phosphoric ester groups is 1. The number of carbonyl (C=O) groups excluding carboxylic acids is 2. The maximum absolute atomic E-state index is 13.6. The second kappa shape index (κ2) is 19.2. The largest absolute Gasteiger partial charge is 2.00 e. The van der Waals surface area contributed by atoms with Crippen molar-refractivity contribution in [3.63, 3.8) is 0 Å². The average Bonchev–Trinajstić information content (AvgIpc) is 3.40. The first-order valence-corrected chi connectivity index (χ1v) is 16.7. The Bertz CT molecular complexity index is 1330. The van der Waals surface area contributed by atoms with Gasteiger partial charge in [0.25, 0.3) is 0 Å². The van der Waals surface area contributed by atoms with Crippen molar-refractivity contribution < 1.29 is 49.2 Å². The number of carbonyl (C=O) groups is 2. The summed E-state index contributed by atoms with van der Waals surface area (Å²) in [5.74, 6) is 0.0251. The Kier molecular flexibility index (Phi) is 17.6. The molecule has 1 saturated heterocycles. The van der Waals surface area contributed by atoms with Gasteiger partial charge in [-0.15, -0.1) is 0 Å². The van der Waals surface area contributed by atoms with Gasteiger partial charge in [0.15, 0.2) is 0 Å². The topological polar surface area (TPSA) is 195 Å². The smallest absolute Gasteiger partial charge is 1.00 e. The first-order chi connectivity index (χ1) is 20.1. The van der Waals surface area contributed by atoms with Crippen molar-refractivity contribution in [3.05, 3.63) is 60.2 Å². The van der Waals surface area contributed by atoms with Crippen LogP contribution in [0, 0.1) is 5.92 Å². The van der Waals surface area contributed by atoms with E-state index < -0.39 is 48.7 Å². The van der Waals surface area contributed by atoms with Crippen LogP contribution >= 0.6 is 7.82 Å². The number of nitrogens with two attached hydrogens (primary N) is 1. The molecule has 2 aromatic carbocycles. The molecule has 0 bridgehead atoms. The fraction of sp³-hybridized carbons (Fsp3) is 0.500. The summed E-state index contributed by atoms with van der Waals surface area (Å²) in [5, 5.41) is 2.65. The fourth-order valence-corrected chi connectivity index (χ4v) is 6.35. The Balaban J connectivity index is 0. The summed E-state index contributed by atoms with van der Waals surface area (Å²) in [7, 11) is -9.26. The second-order valence-corrected chi connectivity index (χ2v) is 13.8. The molecule has 0 aliphatic carbocycles. The van der Waals surface area contributed by atoms with Crippen molar-refractivity contribution in [1.82, 2.24) is 9.62 Å². The van der Waals surface area contributed by atoms with Crippen LogP contribution < -0.4 is 11.1 Å². The van der Waals surface area contributed by atoms with Gasteiger partial charge < -0.3 is 38.0 Å². The van der Waals surface area contributed by atoms with Crippen molar-refractivity contribution >= 4 is 73.1 Å². The molecule has 0 spiro atoms. The van der Waals surface area contributed by atoms with Crippen LogP contribution in [0.15, 0.2) is 59.5 Å². The van der Waals surface area contributed by atoms with Crippen LogP contribution in [0.3, 0.4) is 0 Å². The minimum atomic E-state index is -5.12. The van der Waals surface area contributed by atoms with Crippen molar-refractivity contribution in [1.29, 1.82) is 0 Å².